The van der Waals surface area contributed by atoms with Crippen LogP contribution >= 0.6 is 0 Å². The standard InChI is InChI=1S/C60H102O6/c1-4-7-10-13-16-19-22-24-26-28-29-30-31-33-34-36-38-41-44-47-50-53-59(62)65-56-57(55-64-58(61)52-49-46-43-40-21-18-15-12-9-6-3)66-60(63)54-51-48-45-42-39-37-35-32-27-25-23-20-17-14-11-8-5-2/h7-8,10-11,16-17,19-20,24-27,29-30,57H,4-6,9,12-15,18,21-23,28,31-56H2,1-3H3/b10-7-,11-8-,19-16-,20-17-,26-24-,27-25-,30-29-. The van der Waals surface area contributed by atoms with Crippen LogP contribution in [0.1, 0.15) is 258 Å². The molecule has 0 saturated heterocycles. The van der Waals surface area contributed by atoms with Gasteiger partial charge in [0.05, 0.1) is 0 Å². The number of unbranched alkanes of at least 4 members (excludes halogenated alkanes) is 24. The summed E-state index contributed by atoms with van der Waals surface area (Å²) in [7, 11) is 0. The fourth-order valence-electron chi connectivity index (χ4n) is 7.57. The zero-order valence-electron chi connectivity index (χ0n) is 43.2. The Balaban J connectivity index is 4.34. The molecule has 1 atom stereocenters. The van der Waals surface area contributed by atoms with Crippen LogP contribution in [0, 0.1) is 0 Å². The van der Waals surface area contributed by atoms with Gasteiger partial charge >= 0.3 is 17.9 Å². The molecule has 6 heteroatoms. The van der Waals surface area contributed by atoms with E-state index in [2.05, 4.69) is 106 Å². The first-order valence-corrected chi connectivity index (χ1v) is 27.6. The molecule has 378 valence electrons. The maximum absolute atomic E-state index is 12.8. The molecule has 0 amide bonds. The number of carbonyl (C=O) groups is 3. The molecule has 1 unspecified atom stereocenters. The lowest BCUT2D eigenvalue weighted by Crippen LogP contribution is -2.30. The molecule has 0 heterocycles. The highest BCUT2D eigenvalue weighted by atomic mass is 16.6. The average Bonchev–Trinajstić information content (AvgIpc) is 3.31. The number of ether oxygens (including phenoxy) is 3. The van der Waals surface area contributed by atoms with E-state index in [1.807, 2.05) is 0 Å². The van der Waals surface area contributed by atoms with Crippen molar-refractivity contribution in [2.45, 2.75) is 264 Å². The maximum Gasteiger partial charge on any atom is 0.306 e. The van der Waals surface area contributed by atoms with Crippen molar-refractivity contribution >= 4 is 17.9 Å². The number of allylic oxidation sites excluding steroid dienone is 14. The van der Waals surface area contributed by atoms with Gasteiger partial charge in [0, 0.05) is 19.3 Å². The minimum atomic E-state index is -0.783. The normalized spacial score (nSPS) is 12.7. The van der Waals surface area contributed by atoms with E-state index in [0.29, 0.717) is 19.3 Å². The Morgan fingerprint density at radius 3 is 0.924 bits per heavy atom. The molecule has 0 saturated carbocycles. The summed E-state index contributed by atoms with van der Waals surface area (Å²) in [5.41, 5.74) is 0. The molecule has 6 nitrogen and oxygen atoms in total. The van der Waals surface area contributed by atoms with E-state index in [0.717, 1.165) is 116 Å². The molecule has 66 heavy (non-hydrogen) atoms. The Morgan fingerprint density at radius 1 is 0.318 bits per heavy atom. The van der Waals surface area contributed by atoms with Crippen molar-refractivity contribution in [1.82, 2.24) is 0 Å². The Bertz CT molecular complexity index is 1290. The van der Waals surface area contributed by atoms with Gasteiger partial charge in [0.2, 0.25) is 0 Å². The quantitative estimate of drug-likeness (QED) is 0.0262. The molecule has 0 aromatic heterocycles. The average molecular weight is 919 g/mol. The zero-order chi connectivity index (χ0) is 47.9. The highest BCUT2D eigenvalue weighted by molar-refractivity contribution is 5.71. The van der Waals surface area contributed by atoms with E-state index in [-0.39, 0.29) is 31.1 Å². The molecule has 0 fully saturated rings. The van der Waals surface area contributed by atoms with Crippen LogP contribution in [-0.4, -0.2) is 37.2 Å². The number of carbonyl (C=O) groups excluding carboxylic acids is 3. The minimum Gasteiger partial charge on any atom is -0.462 e. The van der Waals surface area contributed by atoms with Crippen molar-refractivity contribution in [2.75, 3.05) is 13.2 Å². The van der Waals surface area contributed by atoms with Crippen LogP contribution in [0.25, 0.3) is 0 Å². The van der Waals surface area contributed by atoms with Gasteiger partial charge in [-0.3, -0.25) is 14.4 Å². The molecule has 0 aliphatic heterocycles. The Labute approximate surface area is 407 Å². The van der Waals surface area contributed by atoms with Crippen molar-refractivity contribution < 1.29 is 28.6 Å². The molecular formula is C60H102O6. The Morgan fingerprint density at radius 2 is 0.591 bits per heavy atom. The fourth-order valence-corrected chi connectivity index (χ4v) is 7.57. The highest BCUT2D eigenvalue weighted by Gasteiger charge is 2.19. The van der Waals surface area contributed by atoms with Crippen LogP contribution in [0.4, 0.5) is 0 Å². The summed E-state index contributed by atoms with van der Waals surface area (Å²) in [6.45, 7) is 6.40. The first-order chi connectivity index (χ1) is 32.5. The van der Waals surface area contributed by atoms with E-state index in [1.165, 1.54) is 103 Å². The molecular weight excluding hydrogens is 817 g/mol. The smallest absolute Gasteiger partial charge is 0.306 e. The van der Waals surface area contributed by atoms with Gasteiger partial charge in [0.1, 0.15) is 13.2 Å². The number of esters is 3. The van der Waals surface area contributed by atoms with Crippen molar-refractivity contribution in [2.24, 2.45) is 0 Å². The van der Waals surface area contributed by atoms with Crippen LogP contribution in [0.3, 0.4) is 0 Å². The first kappa shape index (κ1) is 62.6. The van der Waals surface area contributed by atoms with E-state index < -0.39 is 6.10 Å². The molecule has 0 radical (unpaired) electrons. The van der Waals surface area contributed by atoms with Crippen molar-refractivity contribution in [1.29, 1.82) is 0 Å². The lowest BCUT2D eigenvalue weighted by Gasteiger charge is -2.18. The van der Waals surface area contributed by atoms with Gasteiger partial charge < -0.3 is 14.2 Å². The SMILES string of the molecule is CC/C=C\C/C=C\C/C=C\C/C=C\CCCCCCCCCCC(=O)OCC(COC(=O)CCCCCCCCCCCC)OC(=O)CCCCCCCCC/C=C\C/C=C\C/C=C\CC. The van der Waals surface area contributed by atoms with Crippen LogP contribution in [0.15, 0.2) is 85.1 Å². The molecule has 0 aromatic rings. The first-order valence-electron chi connectivity index (χ1n) is 27.6. The van der Waals surface area contributed by atoms with E-state index in [4.69, 9.17) is 14.2 Å². The van der Waals surface area contributed by atoms with Gasteiger partial charge in [-0.05, 0) is 89.9 Å². The lowest BCUT2D eigenvalue weighted by atomic mass is 10.1. The molecule has 0 aromatic carbocycles. The summed E-state index contributed by atoms with van der Waals surface area (Å²) in [6, 6.07) is 0. The third kappa shape index (κ3) is 51.6. The topological polar surface area (TPSA) is 78.9 Å². The second-order valence-electron chi connectivity index (χ2n) is 18.1. The predicted molar refractivity (Wildman–Crippen MR) is 284 cm³/mol. The predicted octanol–water partition coefficient (Wildman–Crippen LogP) is 18.4. The van der Waals surface area contributed by atoms with E-state index in [1.54, 1.807) is 0 Å². The second kappa shape index (κ2) is 54.2. The van der Waals surface area contributed by atoms with Crippen LogP contribution in [-0.2, 0) is 28.6 Å². The molecule has 0 bridgehead atoms. The maximum atomic E-state index is 12.8. The number of rotatable bonds is 49. The Kier molecular flexibility index (Phi) is 51.4. The molecule has 0 spiro atoms. The summed E-state index contributed by atoms with van der Waals surface area (Å²) < 4.78 is 16.8. The van der Waals surface area contributed by atoms with E-state index in [9.17, 15) is 14.4 Å². The highest BCUT2D eigenvalue weighted by Crippen LogP contribution is 2.15. The zero-order valence-corrected chi connectivity index (χ0v) is 43.2. The molecule has 0 rings (SSSR count). The monoisotopic (exact) mass is 919 g/mol. The molecule has 0 N–H and O–H groups in total. The lowest BCUT2D eigenvalue weighted by molar-refractivity contribution is -0.167. The third-order valence-electron chi connectivity index (χ3n) is 11.6. The van der Waals surface area contributed by atoms with Crippen molar-refractivity contribution in [3.63, 3.8) is 0 Å². The number of hydrogen-bond acceptors (Lipinski definition) is 6. The van der Waals surface area contributed by atoms with Gasteiger partial charge in [-0.15, -0.1) is 0 Å². The summed E-state index contributed by atoms with van der Waals surface area (Å²) in [4.78, 5) is 38.0. The Hall–Kier alpha value is -3.41. The molecule has 0 aliphatic carbocycles. The van der Waals surface area contributed by atoms with Crippen LogP contribution < -0.4 is 0 Å². The fraction of sp³-hybridized carbons (Fsp3) is 0.717. The van der Waals surface area contributed by atoms with Crippen LogP contribution in [0.5, 0.6) is 0 Å². The molecule has 0 aliphatic rings. The van der Waals surface area contributed by atoms with Gasteiger partial charge in [0.15, 0.2) is 6.10 Å². The minimum absolute atomic E-state index is 0.0818. The van der Waals surface area contributed by atoms with Crippen molar-refractivity contribution in [3.8, 4) is 0 Å². The largest absolute Gasteiger partial charge is 0.462 e. The summed E-state index contributed by atoms with van der Waals surface area (Å²) in [5.74, 6) is -0.898. The van der Waals surface area contributed by atoms with Gasteiger partial charge in [-0.1, -0.05) is 234 Å². The van der Waals surface area contributed by atoms with Gasteiger partial charge in [-0.2, -0.15) is 0 Å². The summed E-state index contributed by atoms with van der Waals surface area (Å²) in [6.07, 6.45) is 70.0. The van der Waals surface area contributed by atoms with Gasteiger partial charge in [0.25, 0.3) is 0 Å². The van der Waals surface area contributed by atoms with Crippen molar-refractivity contribution in [3.05, 3.63) is 85.1 Å². The summed E-state index contributed by atoms with van der Waals surface area (Å²) in [5, 5.41) is 0. The van der Waals surface area contributed by atoms with Crippen LogP contribution in [0.2, 0.25) is 0 Å². The third-order valence-corrected chi connectivity index (χ3v) is 11.6. The van der Waals surface area contributed by atoms with E-state index >= 15 is 0 Å². The second-order valence-corrected chi connectivity index (χ2v) is 18.1. The van der Waals surface area contributed by atoms with Gasteiger partial charge in [-0.25, -0.2) is 0 Å². The number of hydrogen-bond donors (Lipinski definition) is 0. The summed E-state index contributed by atoms with van der Waals surface area (Å²) >= 11 is 0.